The average molecular weight is 244 g/mol. The summed E-state index contributed by atoms with van der Waals surface area (Å²) in [6.07, 6.45) is 1.65. The lowest BCUT2D eigenvalue weighted by molar-refractivity contribution is -0.136. The molecule has 0 spiro atoms. The maximum Gasteiger partial charge on any atom is 0.309 e. The van der Waals surface area contributed by atoms with Gasteiger partial charge < -0.3 is 9.67 Å². The van der Waals surface area contributed by atoms with Crippen LogP contribution in [0.5, 0.6) is 0 Å². The zero-order chi connectivity index (χ0) is 13.1. The number of carboxylic acid groups (broad SMARTS) is 1. The molecule has 2 aromatic rings. The normalized spacial score (nSPS) is 10.6. The summed E-state index contributed by atoms with van der Waals surface area (Å²) < 4.78 is 1.95. The average Bonchev–Trinajstić information content (AvgIpc) is 2.71. The number of imidazole rings is 1. The van der Waals surface area contributed by atoms with Crippen LogP contribution in [0.3, 0.4) is 0 Å². The predicted octanol–water partition coefficient (Wildman–Crippen LogP) is 2.51. The van der Waals surface area contributed by atoms with Crippen molar-refractivity contribution in [2.75, 3.05) is 0 Å². The molecule has 0 atom stereocenters. The maximum atomic E-state index is 10.8. The number of aryl methyl sites for hydroxylation is 1. The van der Waals surface area contributed by atoms with E-state index in [0.717, 1.165) is 22.6 Å². The Balaban J connectivity index is 2.45. The molecule has 1 heterocycles. The van der Waals surface area contributed by atoms with Crippen LogP contribution in [0.25, 0.3) is 11.4 Å². The quantitative estimate of drug-likeness (QED) is 0.899. The van der Waals surface area contributed by atoms with Crippen LogP contribution >= 0.6 is 0 Å². The number of aromatic nitrogens is 2. The van der Waals surface area contributed by atoms with E-state index in [9.17, 15) is 4.79 Å². The molecule has 0 radical (unpaired) electrons. The number of rotatable bonds is 4. The van der Waals surface area contributed by atoms with Gasteiger partial charge in [0.1, 0.15) is 5.82 Å². The molecule has 4 nitrogen and oxygen atoms in total. The lowest BCUT2D eigenvalue weighted by atomic mass is 10.1. The van der Waals surface area contributed by atoms with Gasteiger partial charge in [0, 0.05) is 24.0 Å². The van der Waals surface area contributed by atoms with E-state index in [2.05, 4.69) is 11.1 Å². The van der Waals surface area contributed by atoms with Gasteiger partial charge in [-0.15, -0.1) is 0 Å². The Labute approximate surface area is 106 Å². The Hall–Kier alpha value is -2.10. The largest absolute Gasteiger partial charge is 0.481 e. The van der Waals surface area contributed by atoms with Crippen molar-refractivity contribution in [3.63, 3.8) is 0 Å². The van der Waals surface area contributed by atoms with E-state index in [1.807, 2.05) is 36.6 Å². The van der Waals surface area contributed by atoms with Crippen molar-refractivity contribution in [2.45, 2.75) is 26.8 Å². The van der Waals surface area contributed by atoms with Gasteiger partial charge in [-0.05, 0) is 19.9 Å². The molecule has 0 amide bonds. The van der Waals surface area contributed by atoms with Gasteiger partial charge in [-0.3, -0.25) is 4.79 Å². The van der Waals surface area contributed by atoms with Crippen molar-refractivity contribution in [3.8, 4) is 11.4 Å². The van der Waals surface area contributed by atoms with E-state index in [1.54, 1.807) is 6.20 Å². The van der Waals surface area contributed by atoms with Gasteiger partial charge in [-0.25, -0.2) is 4.98 Å². The molecule has 0 bridgehead atoms. The Kier molecular flexibility index (Phi) is 3.46. The molecule has 4 heteroatoms. The Morgan fingerprint density at radius 3 is 2.83 bits per heavy atom. The second kappa shape index (κ2) is 5.04. The maximum absolute atomic E-state index is 10.8. The van der Waals surface area contributed by atoms with Crippen LogP contribution in [0.2, 0.25) is 0 Å². The highest BCUT2D eigenvalue weighted by Crippen LogP contribution is 2.21. The zero-order valence-electron chi connectivity index (χ0n) is 10.6. The molecule has 0 aliphatic rings. The summed E-state index contributed by atoms with van der Waals surface area (Å²) in [7, 11) is 0. The minimum absolute atomic E-state index is 0.00660. The van der Waals surface area contributed by atoms with Gasteiger partial charge in [0.2, 0.25) is 0 Å². The highest BCUT2D eigenvalue weighted by Gasteiger charge is 2.12. The summed E-state index contributed by atoms with van der Waals surface area (Å²) in [6.45, 7) is 4.74. The summed E-state index contributed by atoms with van der Waals surface area (Å²) in [5.74, 6) is -0.00200. The number of carboxylic acids is 1. The van der Waals surface area contributed by atoms with Crippen molar-refractivity contribution >= 4 is 5.97 Å². The van der Waals surface area contributed by atoms with Crippen molar-refractivity contribution in [1.82, 2.24) is 9.55 Å². The highest BCUT2D eigenvalue weighted by molar-refractivity contribution is 5.70. The predicted molar refractivity (Wildman–Crippen MR) is 69.4 cm³/mol. The first-order valence-corrected chi connectivity index (χ1v) is 5.95. The summed E-state index contributed by atoms with van der Waals surface area (Å²) >= 11 is 0. The molecule has 1 N–H and O–H groups in total. The van der Waals surface area contributed by atoms with E-state index in [0.29, 0.717) is 6.54 Å². The first-order chi connectivity index (χ1) is 8.61. The fourth-order valence-electron chi connectivity index (χ4n) is 2.07. The van der Waals surface area contributed by atoms with Crippen LogP contribution in [0, 0.1) is 6.92 Å². The van der Waals surface area contributed by atoms with Gasteiger partial charge >= 0.3 is 5.97 Å². The SMILES string of the molecule is CCn1c(CC(=O)O)cnc1-c1cccc(C)c1. The fraction of sp³-hybridized carbons (Fsp3) is 0.286. The van der Waals surface area contributed by atoms with Gasteiger partial charge in [-0.1, -0.05) is 23.8 Å². The molecule has 0 saturated carbocycles. The smallest absolute Gasteiger partial charge is 0.309 e. The van der Waals surface area contributed by atoms with Gasteiger partial charge in [0.15, 0.2) is 0 Å². The summed E-state index contributed by atoms with van der Waals surface area (Å²) in [5.41, 5.74) is 2.92. The molecule has 0 aliphatic carbocycles. The van der Waals surface area contributed by atoms with E-state index in [-0.39, 0.29) is 6.42 Å². The number of carbonyl (C=O) groups is 1. The topological polar surface area (TPSA) is 55.1 Å². The van der Waals surface area contributed by atoms with E-state index >= 15 is 0 Å². The number of aliphatic carboxylic acids is 1. The Morgan fingerprint density at radius 2 is 2.22 bits per heavy atom. The second-order valence-corrected chi connectivity index (χ2v) is 4.26. The zero-order valence-corrected chi connectivity index (χ0v) is 10.6. The number of nitrogens with zero attached hydrogens (tertiary/aromatic N) is 2. The molecule has 2 rings (SSSR count). The van der Waals surface area contributed by atoms with Crippen LogP contribution in [0.15, 0.2) is 30.5 Å². The third-order valence-corrected chi connectivity index (χ3v) is 2.86. The summed E-state index contributed by atoms with van der Waals surface area (Å²) in [5, 5.41) is 8.87. The lowest BCUT2D eigenvalue weighted by Crippen LogP contribution is -2.08. The molecule has 94 valence electrons. The third kappa shape index (κ3) is 2.42. The highest BCUT2D eigenvalue weighted by atomic mass is 16.4. The van der Waals surface area contributed by atoms with Crippen molar-refractivity contribution < 1.29 is 9.90 Å². The lowest BCUT2D eigenvalue weighted by Gasteiger charge is -2.08. The first-order valence-electron chi connectivity index (χ1n) is 5.95. The van der Waals surface area contributed by atoms with E-state index in [4.69, 9.17) is 5.11 Å². The van der Waals surface area contributed by atoms with Crippen LogP contribution in [-0.2, 0) is 17.8 Å². The number of hydrogen-bond acceptors (Lipinski definition) is 2. The molecule has 0 aliphatic heterocycles. The molecule has 0 unspecified atom stereocenters. The van der Waals surface area contributed by atoms with Crippen molar-refractivity contribution in [2.24, 2.45) is 0 Å². The minimum Gasteiger partial charge on any atom is -0.481 e. The van der Waals surface area contributed by atoms with E-state index in [1.165, 1.54) is 0 Å². The van der Waals surface area contributed by atoms with E-state index < -0.39 is 5.97 Å². The Bertz CT molecular complexity index is 573. The number of hydrogen-bond donors (Lipinski definition) is 1. The van der Waals surface area contributed by atoms with Crippen LogP contribution in [0.4, 0.5) is 0 Å². The monoisotopic (exact) mass is 244 g/mol. The second-order valence-electron chi connectivity index (χ2n) is 4.26. The molecule has 0 fully saturated rings. The van der Waals surface area contributed by atoms with Gasteiger partial charge in [0.25, 0.3) is 0 Å². The molecule has 18 heavy (non-hydrogen) atoms. The van der Waals surface area contributed by atoms with Crippen LogP contribution in [0.1, 0.15) is 18.2 Å². The van der Waals surface area contributed by atoms with Crippen LogP contribution < -0.4 is 0 Å². The number of benzene rings is 1. The molecule has 0 saturated heterocycles. The third-order valence-electron chi connectivity index (χ3n) is 2.86. The molecule has 1 aromatic heterocycles. The molecular weight excluding hydrogens is 228 g/mol. The molecular formula is C14H16N2O2. The summed E-state index contributed by atoms with van der Waals surface area (Å²) in [6, 6.07) is 8.06. The summed E-state index contributed by atoms with van der Waals surface area (Å²) in [4.78, 5) is 15.1. The van der Waals surface area contributed by atoms with Gasteiger partial charge in [0.05, 0.1) is 6.42 Å². The van der Waals surface area contributed by atoms with Gasteiger partial charge in [-0.2, -0.15) is 0 Å². The molecule has 1 aromatic carbocycles. The fourth-order valence-corrected chi connectivity index (χ4v) is 2.07. The van der Waals surface area contributed by atoms with Crippen molar-refractivity contribution in [1.29, 1.82) is 0 Å². The Morgan fingerprint density at radius 1 is 1.44 bits per heavy atom. The first kappa shape index (κ1) is 12.4. The standard InChI is InChI=1S/C14H16N2O2/c1-3-16-12(8-13(17)18)9-15-14(16)11-6-4-5-10(2)7-11/h4-7,9H,3,8H2,1-2H3,(H,17,18). The van der Waals surface area contributed by atoms with Crippen molar-refractivity contribution in [3.05, 3.63) is 41.7 Å². The minimum atomic E-state index is -0.833. The van der Waals surface area contributed by atoms with Crippen LogP contribution in [-0.4, -0.2) is 20.6 Å².